The third-order valence-electron chi connectivity index (χ3n) is 4.23. The van der Waals surface area contributed by atoms with Crippen LogP contribution in [0.2, 0.25) is 0 Å². The molecule has 0 spiro atoms. The van der Waals surface area contributed by atoms with Crippen LogP contribution in [0.4, 0.5) is 4.79 Å². The van der Waals surface area contributed by atoms with Gasteiger partial charge in [0.2, 0.25) is 0 Å². The van der Waals surface area contributed by atoms with Crippen molar-refractivity contribution in [1.82, 2.24) is 5.32 Å². The molecule has 0 radical (unpaired) electrons. The number of hydrogen-bond acceptors (Lipinski definition) is 7. The number of esters is 1. The summed E-state index contributed by atoms with van der Waals surface area (Å²) in [6.07, 6.45) is 1.61. The fourth-order valence-corrected chi connectivity index (χ4v) is 3.09. The van der Waals surface area contributed by atoms with Gasteiger partial charge in [-0.25, -0.2) is 14.4 Å². The summed E-state index contributed by atoms with van der Waals surface area (Å²) in [6.45, 7) is 8.77. The van der Waals surface area contributed by atoms with Crippen molar-refractivity contribution in [3.8, 4) is 5.75 Å². The Bertz CT molecular complexity index is 960. The molecule has 1 atom stereocenters. The number of rotatable bonds is 6. The second-order valence-electron chi connectivity index (χ2n) is 7.70. The maximum Gasteiger partial charge on any atom is 0.408 e. The van der Waals surface area contributed by atoms with E-state index in [9.17, 15) is 14.4 Å². The zero-order valence-corrected chi connectivity index (χ0v) is 18.4. The van der Waals surface area contributed by atoms with E-state index < -0.39 is 29.3 Å². The molecule has 7 nitrogen and oxygen atoms in total. The molecule has 0 fully saturated rings. The fourth-order valence-electron chi connectivity index (χ4n) is 2.61. The quantitative estimate of drug-likeness (QED) is 0.428. The van der Waals surface area contributed by atoms with E-state index in [-0.39, 0.29) is 5.75 Å². The lowest BCUT2D eigenvalue weighted by molar-refractivity contribution is -0.136. The molecule has 1 aromatic carbocycles. The molecule has 29 heavy (non-hydrogen) atoms. The zero-order chi connectivity index (χ0) is 21.8. The van der Waals surface area contributed by atoms with Gasteiger partial charge >= 0.3 is 17.7 Å². The number of fused-ring (bicyclic) bond motifs is 1. The van der Waals surface area contributed by atoms with Gasteiger partial charge in [0.1, 0.15) is 23.0 Å². The number of benzene rings is 1. The van der Waals surface area contributed by atoms with Crippen molar-refractivity contribution in [2.24, 2.45) is 0 Å². The summed E-state index contributed by atoms with van der Waals surface area (Å²) >= 11 is 1.55. The van der Waals surface area contributed by atoms with Crippen LogP contribution in [0, 0.1) is 13.8 Å². The molecule has 8 heteroatoms. The first-order valence-electron chi connectivity index (χ1n) is 9.26. The Morgan fingerprint density at radius 2 is 1.90 bits per heavy atom. The Labute approximate surface area is 174 Å². The highest BCUT2D eigenvalue weighted by molar-refractivity contribution is 7.98. The first-order valence-corrected chi connectivity index (χ1v) is 10.7. The fraction of sp³-hybridized carbons (Fsp3) is 0.476. The summed E-state index contributed by atoms with van der Waals surface area (Å²) in [5.74, 6) is 0.269. The van der Waals surface area contributed by atoms with Crippen LogP contribution in [-0.2, 0) is 9.53 Å². The van der Waals surface area contributed by atoms with Crippen LogP contribution in [-0.4, -0.2) is 35.7 Å². The lowest BCUT2D eigenvalue weighted by atomic mass is 10.1. The second kappa shape index (κ2) is 9.35. The lowest BCUT2D eigenvalue weighted by Crippen LogP contribution is -2.45. The van der Waals surface area contributed by atoms with Crippen LogP contribution in [0.5, 0.6) is 5.75 Å². The molecule has 2 aromatic rings. The van der Waals surface area contributed by atoms with Gasteiger partial charge in [-0.05, 0) is 70.7 Å². The Balaban J connectivity index is 2.20. The summed E-state index contributed by atoms with van der Waals surface area (Å²) in [6, 6.07) is 4.01. The van der Waals surface area contributed by atoms with Crippen LogP contribution in [0.15, 0.2) is 27.4 Å². The molecule has 0 aliphatic heterocycles. The Kier molecular flexibility index (Phi) is 7.35. The second-order valence-corrected chi connectivity index (χ2v) is 8.68. The number of carbonyl (C=O) groups excluding carboxylic acids is 2. The maximum absolute atomic E-state index is 12.6. The van der Waals surface area contributed by atoms with E-state index in [1.54, 1.807) is 51.6 Å². The molecule has 0 aliphatic rings. The molecule has 1 aromatic heterocycles. The molecule has 0 bridgehead atoms. The molecule has 1 heterocycles. The predicted molar refractivity (Wildman–Crippen MR) is 114 cm³/mol. The molecule has 0 saturated heterocycles. The van der Waals surface area contributed by atoms with Crippen molar-refractivity contribution in [2.75, 3.05) is 12.0 Å². The van der Waals surface area contributed by atoms with Gasteiger partial charge in [-0.2, -0.15) is 11.8 Å². The molecular formula is C21H27NO6S. The Morgan fingerprint density at radius 1 is 1.21 bits per heavy atom. The molecule has 1 amide bonds. The topological polar surface area (TPSA) is 94.8 Å². The van der Waals surface area contributed by atoms with Gasteiger partial charge in [-0.3, -0.25) is 0 Å². The average Bonchev–Trinajstić information content (AvgIpc) is 2.61. The number of amides is 1. The third kappa shape index (κ3) is 6.25. The number of thioether (sulfide) groups is 1. The van der Waals surface area contributed by atoms with Crippen LogP contribution in [0.1, 0.15) is 38.3 Å². The van der Waals surface area contributed by atoms with Crippen molar-refractivity contribution in [2.45, 2.75) is 52.7 Å². The van der Waals surface area contributed by atoms with Crippen LogP contribution < -0.4 is 15.7 Å². The number of alkyl carbamates (subject to hydrolysis) is 1. The number of nitrogens with one attached hydrogen (secondary N) is 1. The highest BCUT2D eigenvalue weighted by Gasteiger charge is 2.26. The smallest absolute Gasteiger partial charge is 0.408 e. The number of carbonyl (C=O) groups is 2. The highest BCUT2D eigenvalue weighted by Crippen LogP contribution is 2.24. The van der Waals surface area contributed by atoms with E-state index in [2.05, 4.69) is 5.32 Å². The van der Waals surface area contributed by atoms with Crippen LogP contribution in [0.25, 0.3) is 11.0 Å². The minimum Gasteiger partial charge on any atom is -0.444 e. The summed E-state index contributed by atoms with van der Waals surface area (Å²) in [4.78, 5) is 36.6. The van der Waals surface area contributed by atoms with E-state index in [4.69, 9.17) is 13.9 Å². The Hall–Kier alpha value is -2.48. The van der Waals surface area contributed by atoms with Crippen molar-refractivity contribution >= 4 is 34.8 Å². The molecule has 1 N–H and O–H groups in total. The van der Waals surface area contributed by atoms with E-state index in [1.807, 2.05) is 13.2 Å². The highest BCUT2D eigenvalue weighted by atomic mass is 32.2. The summed E-state index contributed by atoms with van der Waals surface area (Å²) < 4.78 is 16.0. The van der Waals surface area contributed by atoms with Crippen molar-refractivity contribution in [3.05, 3.63) is 39.7 Å². The summed E-state index contributed by atoms with van der Waals surface area (Å²) in [7, 11) is 0. The summed E-state index contributed by atoms with van der Waals surface area (Å²) in [5.41, 5.74) is 0.593. The van der Waals surface area contributed by atoms with Gasteiger partial charge in [0.05, 0.1) is 0 Å². The van der Waals surface area contributed by atoms with Gasteiger partial charge in [-0.1, -0.05) is 0 Å². The monoisotopic (exact) mass is 421 g/mol. The largest absolute Gasteiger partial charge is 0.444 e. The zero-order valence-electron chi connectivity index (χ0n) is 17.6. The first-order chi connectivity index (χ1) is 13.5. The van der Waals surface area contributed by atoms with Gasteiger partial charge in [0.25, 0.3) is 0 Å². The minimum atomic E-state index is -0.861. The van der Waals surface area contributed by atoms with Gasteiger partial charge in [-0.15, -0.1) is 0 Å². The average molecular weight is 422 g/mol. The molecule has 0 saturated carbocycles. The predicted octanol–water partition coefficient (Wildman–Crippen LogP) is 3.96. The lowest BCUT2D eigenvalue weighted by Gasteiger charge is -2.22. The molecule has 0 unspecified atom stereocenters. The number of ether oxygens (including phenoxy) is 2. The Morgan fingerprint density at radius 3 is 2.52 bits per heavy atom. The standard InChI is InChI=1S/C21H27NO6S/c1-12-13(2)18(23)27-17-11-14(7-8-15(12)17)26-19(24)16(9-10-29-6)22-20(25)28-21(3,4)5/h7-8,11,16H,9-10H2,1-6H3,(H,22,25)/t16-/m0/s1. The van der Waals surface area contributed by atoms with Crippen molar-refractivity contribution in [3.63, 3.8) is 0 Å². The van der Waals surface area contributed by atoms with E-state index in [0.29, 0.717) is 23.3 Å². The van der Waals surface area contributed by atoms with Gasteiger partial charge in [0, 0.05) is 17.0 Å². The van der Waals surface area contributed by atoms with Crippen LogP contribution in [0.3, 0.4) is 0 Å². The van der Waals surface area contributed by atoms with Gasteiger partial charge in [0.15, 0.2) is 0 Å². The van der Waals surface area contributed by atoms with E-state index >= 15 is 0 Å². The molecule has 2 rings (SSSR count). The SMILES string of the molecule is CSCC[C@H](NC(=O)OC(C)(C)C)C(=O)Oc1ccc2c(C)c(C)c(=O)oc2c1. The van der Waals surface area contributed by atoms with Crippen molar-refractivity contribution in [1.29, 1.82) is 0 Å². The van der Waals surface area contributed by atoms with E-state index in [0.717, 1.165) is 10.9 Å². The summed E-state index contributed by atoms with van der Waals surface area (Å²) in [5, 5.41) is 3.34. The van der Waals surface area contributed by atoms with Crippen LogP contribution >= 0.6 is 11.8 Å². The minimum absolute atomic E-state index is 0.231. The number of aryl methyl sites for hydroxylation is 1. The maximum atomic E-state index is 12.6. The molecule has 0 aliphatic carbocycles. The van der Waals surface area contributed by atoms with Crippen molar-refractivity contribution < 1.29 is 23.5 Å². The first kappa shape index (κ1) is 22.8. The molecular weight excluding hydrogens is 394 g/mol. The van der Waals surface area contributed by atoms with E-state index in [1.165, 1.54) is 6.07 Å². The number of hydrogen-bond donors (Lipinski definition) is 1. The third-order valence-corrected chi connectivity index (χ3v) is 4.88. The van der Waals surface area contributed by atoms with Gasteiger partial charge < -0.3 is 19.2 Å². The molecule has 158 valence electrons. The normalized spacial score (nSPS) is 12.5.